The highest BCUT2D eigenvalue weighted by Crippen LogP contribution is 2.30. The third-order valence-corrected chi connectivity index (χ3v) is 9.65. The van der Waals surface area contributed by atoms with Crippen molar-refractivity contribution in [2.75, 3.05) is 32.1 Å². The van der Waals surface area contributed by atoms with E-state index in [9.17, 15) is 9.18 Å². The molecule has 0 radical (unpaired) electrons. The number of carbonyl (C=O) groups is 1. The molecule has 2 N–H and O–H groups in total. The van der Waals surface area contributed by atoms with Crippen molar-refractivity contribution in [3.8, 4) is 5.88 Å². The average Bonchev–Trinajstić information content (AvgIpc) is 3.66. The molecule has 0 aliphatic carbocycles. The maximum Gasteiger partial charge on any atom is 0.255 e. The standard InChI is InChI=1S/C38H39ClFN7O3/c1-23-17-27(18-30-24(2)44-45-37(23)30)38(48)41-29-9-10-34-33(20-29)42-35(47(34)15-16-49-3)21-46-13-11-25(12-14-46)32-5-4-6-36(43-32)50-22-26-7-8-28(39)19-31(26)40/h4-10,17-20,25H,11-16,21-22H2,1-3H3,(H,41,48)(H,44,45). The molecule has 50 heavy (non-hydrogen) atoms. The van der Waals surface area contributed by atoms with E-state index in [-0.39, 0.29) is 12.5 Å². The Labute approximate surface area is 294 Å². The number of hydrogen-bond acceptors (Lipinski definition) is 7. The molecule has 6 aromatic rings. The summed E-state index contributed by atoms with van der Waals surface area (Å²) >= 11 is 5.88. The summed E-state index contributed by atoms with van der Waals surface area (Å²) in [5.41, 5.74) is 7.24. The van der Waals surface area contributed by atoms with Gasteiger partial charge >= 0.3 is 0 Å². The fourth-order valence-corrected chi connectivity index (χ4v) is 6.83. The lowest BCUT2D eigenvalue weighted by molar-refractivity contribution is 0.102. The van der Waals surface area contributed by atoms with Crippen LogP contribution in [0.15, 0.2) is 66.7 Å². The molecule has 3 aromatic carbocycles. The van der Waals surface area contributed by atoms with Crippen LogP contribution in [0.3, 0.4) is 0 Å². The number of amides is 1. The van der Waals surface area contributed by atoms with Gasteiger partial charge in [0.15, 0.2) is 0 Å². The van der Waals surface area contributed by atoms with Crippen molar-refractivity contribution >= 4 is 45.1 Å². The largest absolute Gasteiger partial charge is 0.473 e. The van der Waals surface area contributed by atoms with Crippen LogP contribution in [0.2, 0.25) is 5.02 Å². The van der Waals surface area contributed by atoms with Gasteiger partial charge in [-0.1, -0.05) is 23.7 Å². The van der Waals surface area contributed by atoms with Gasteiger partial charge in [-0.3, -0.25) is 14.8 Å². The number of rotatable bonds is 11. The first kappa shape index (κ1) is 33.6. The predicted molar refractivity (Wildman–Crippen MR) is 192 cm³/mol. The molecular weight excluding hydrogens is 657 g/mol. The van der Waals surface area contributed by atoms with Crippen molar-refractivity contribution < 1.29 is 18.7 Å². The van der Waals surface area contributed by atoms with Crippen LogP contribution in [-0.2, 0) is 24.4 Å². The monoisotopic (exact) mass is 695 g/mol. The van der Waals surface area contributed by atoms with Crippen LogP contribution in [0, 0.1) is 19.7 Å². The number of piperidine rings is 1. The van der Waals surface area contributed by atoms with Crippen LogP contribution in [0.4, 0.5) is 10.1 Å². The van der Waals surface area contributed by atoms with E-state index < -0.39 is 5.82 Å². The first-order valence-corrected chi connectivity index (χ1v) is 17.1. The normalized spacial score (nSPS) is 14.1. The molecule has 12 heteroatoms. The number of halogens is 2. The minimum Gasteiger partial charge on any atom is -0.473 e. The molecule has 7 rings (SSSR count). The van der Waals surface area contributed by atoms with Crippen LogP contribution < -0.4 is 10.1 Å². The summed E-state index contributed by atoms with van der Waals surface area (Å²) in [5.74, 6) is 1.15. The number of fused-ring (bicyclic) bond motifs is 2. The highest BCUT2D eigenvalue weighted by molar-refractivity contribution is 6.30. The fourth-order valence-electron chi connectivity index (χ4n) is 6.67. The van der Waals surface area contributed by atoms with E-state index in [4.69, 9.17) is 31.0 Å². The molecule has 1 amide bonds. The maximum absolute atomic E-state index is 14.2. The van der Waals surface area contributed by atoms with E-state index in [2.05, 4.69) is 25.0 Å². The van der Waals surface area contributed by atoms with Crippen LogP contribution in [-0.4, -0.2) is 62.3 Å². The Morgan fingerprint density at radius 3 is 2.70 bits per heavy atom. The third-order valence-electron chi connectivity index (χ3n) is 9.41. The van der Waals surface area contributed by atoms with Gasteiger partial charge in [-0.25, -0.2) is 14.4 Å². The number of aromatic amines is 1. The molecule has 0 spiro atoms. The number of likely N-dealkylation sites (tertiary alicyclic amines) is 1. The van der Waals surface area contributed by atoms with Crippen molar-refractivity contribution in [2.24, 2.45) is 0 Å². The Morgan fingerprint density at radius 1 is 1.06 bits per heavy atom. The van der Waals surface area contributed by atoms with E-state index >= 15 is 0 Å². The molecule has 3 aromatic heterocycles. The minimum atomic E-state index is -0.395. The quantitative estimate of drug-likeness (QED) is 0.144. The minimum absolute atomic E-state index is 0.0809. The summed E-state index contributed by atoms with van der Waals surface area (Å²) in [6.07, 6.45) is 1.89. The summed E-state index contributed by atoms with van der Waals surface area (Å²) in [7, 11) is 1.70. The van der Waals surface area contributed by atoms with E-state index in [0.717, 1.165) is 70.6 Å². The van der Waals surface area contributed by atoms with E-state index in [0.29, 0.717) is 53.3 Å². The zero-order valence-corrected chi connectivity index (χ0v) is 29.1. The van der Waals surface area contributed by atoms with Crippen molar-refractivity contribution in [3.63, 3.8) is 0 Å². The van der Waals surface area contributed by atoms with E-state index in [1.165, 1.54) is 6.07 Å². The highest BCUT2D eigenvalue weighted by Gasteiger charge is 2.24. The molecule has 1 aliphatic rings. The van der Waals surface area contributed by atoms with E-state index in [1.807, 2.05) is 56.3 Å². The first-order chi connectivity index (χ1) is 24.2. The van der Waals surface area contributed by atoms with Crippen molar-refractivity contribution in [3.05, 3.63) is 111 Å². The van der Waals surface area contributed by atoms with Gasteiger partial charge in [0.25, 0.3) is 5.91 Å². The second kappa shape index (κ2) is 14.6. The van der Waals surface area contributed by atoms with Gasteiger partial charge in [-0.05, 0) is 93.9 Å². The summed E-state index contributed by atoms with van der Waals surface area (Å²) in [6, 6.07) is 20.0. The number of H-pyrrole nitrogens is 1. The molecule has 0 atom stereocenters. The number of benzene rings is 3. The summed E-state index contributed by atoms with van der Waals surface area (Å²) in [6.45, 7) is 7.70. The lowest BCUT2D eigenvalue weighted by atomic mass is 9.93. The van der Waals surface area contributed by atoms with Gasteiger partial charge < -0.3 is 19.4 Å². The molecule has 0 bridgehead atoms. The van der Waals surface area contributed by atoms with Gasteiger partial charge in [0, 0.05) is 64.2 Å². The predicted octanol–water partition coefficient (Wildman–Crippen LogP) is 7.57. The molecule has 0 saturated carbocycles. The van der Waals surface area contributed by atoms with Gasteiger partial charge in [0.05, 0.1) is 29.7 Å². The number of ether oxygens (including phenoxy) is 2. The molecular formula is C38H39ClFN7O3. The number of imidazole rings is 1. The van der Waals surface area contributed by atoms with E-state index in [1.54, 1.807) is 25.3 Å². The number of nitrogens with one attached hydrogen (secondary N) is 2. The molecule has 258 valence electrons. The van der Waals surface area contributed by atoms with Crippen LogP contribution >= 0.6 is 11.6 Å². The molecule has 1 fully saturated rings. The number of nitrogens with zero attached hydrogens (tertiary/aromatic N) is 5. The smallest absolute Gasteiger partial charge is 0.255 e. The maximum atomic E-state index is 14.2. The molecule has 0 unspecified atom stereocenters. The van der Waals surface area contributed by atoms with Crippen molar-refractivity contribution in [1.82, 2.24) is 29.6 Å². The molecule has 1 aliphatic heterocycles. The molecule has 1 saturated heterocycles. The lowest BCUT2D eigenvalue weighted by Crippen LogP contribution is -2.33. The van der Waals surface area contributed by atoms with Gasteiger partial charge in [-0.2, -0.15) is 5.10 Å². The zero-order valence-electron chi connectivity index (χ0n) is 28.3. The Bertz CT molecular complexity index is 2170. The zero-order chi connectivity index (χ0) is 34.8. The number of methoxy groups -OCH3 is 1. The average molecular weight is 696 g/mol. The Hall–Kier alpha value is -4.84. The van der Waals surface area contributed by atoms with Gasteiger partial charge in [0.2, 0.25) is 5.88 Å². The number of aromatic nitrogens is 5. The van der Waals surface area contributed by atoms with Crippen molar-refractivity contribution in [1.29, 1.82) is 0 Å². The molecule has 10 nitrogen and oxygen atoms in total. The van der Waals surface area contributed by atoms with Crippen molar-refractivity contribution in [2.45, 2.75) is 52.3 Å². The third kappa shape index (κ3) is 7.21. The topological polar surface area (TPSA) is 110 Å². The number of hydrogen-bond donors (Lipinski definition) is 2. The number of pyridine rings is 1. The fraction of sp³-hybridized carbons (Fsp3) is 0.316. The number of anilines is 1. The summed E-state index contributed by atoms with van der Waals surface area (Å²) in [4.78, 5) is 25.5. The van der Waals surface area contributed by atoms with Crippen LogP contribution in [0.1, 0.15) is 57.5 Å². The Balaban J connectivity index is 1.01. The second-order valence-corrected chi connectivity index (χ2v) is 13.3. The first-order valence-electron chi connectivity index (χ1n) is 16.8. The lowest BCUT2D eigenvalue weighted by Gasteiger charge is -2.31. The highest BCUT2D eigenvalue weighted by atomic mass is 35.5. The van der Waals surface area contributed by atoms with Crippen LogP contribution in [0.5, 0.6) is 5.88 Å². The Kier molecular flexibility index (Phi) is 9.80. The van der Waals surface area contributed by atoms with Gasteiger partial charge in [-0.15, -0.1) is 0 Å². The second-order valence-electron chi connectivity index (χ2n) is 12.8. The number of carbonyl (C=O) groups excluding carboxylic acids is 1. The summed E-state index contributed by atoms with van der Waals surface area (Å²) < 4.78 is 27.7. The molecule has 4 heterocycles. The number of aryl methyl sites for hydroxylation is 2. The Morgan fingerprint density at radius 2 is 1.90 bits per heavy atom. The van der Waals surface area contributed by atoms with Crippen LogP contribution in [0.25, 0.3) is 21.9 Å². The van der Waals surface area contributed by atoms with Gasteiger partial charge in [0.1, 0.15) is 18.2 Å². The summed E-state index contributed by atoms with van der Waals surface area (Å²) in [5, 5.41) is 11.7. The SMILES string of the molecule is COCCn1c(CN2CCC(c3cccc(OCc4ccc(Cl)cc4F)n3)CC2)nc2cc(NC(=O)c3cc(C)c4n[nH]c(C)c4c3)ccc21.